The van der Waals surface area contributed by atoms with Crippen molar-refractivity contribution in [3.63, 3.8) is 0 Å². The number of benzene rings is 2. The quantitative estimate of drug-likeness (QED) is 0.0749. The summed E-state index contributed by atoms with van der Waals surface area (Å²) in [6.07, 6.45) is 6.45. The fourth-order valence-electron chi connectivity index (χ4n) is 13.4. The number of nitrogens with zero attached hydrogens (tertiary/aromatic N) is 6. The number of nitrogens with one attached hydrogen (secondary N) is 1. The highest BCUT2D eigenvalue weighted by atomic mass is 16.5. The van der Waals surface area contributed by atoms with Crippen molar-refractivity contribution in [2.75, 3.05) is 51.8 Å². The van der Waals surface area contributed by atoms with Gasteiger partial charge in [0, 0.05) is 76.2 Å². The number of carbonyl (C=O) groups excluding carboxylic acids is 3. The highest BCUT2D eigenvalue weighted by Gasteiger charge is 2.77. The molecule has 6 heterocycles. The SMILES string of the molecule is CCC12C=CCN3CC[C@@]4(c5cc([C@@]6(C(=O)OC)CC7C[N@](CCc8c6[nH]c6ccccc86)C[C@](O)(CC)C7)c(OC)cc5N(C=O)[C@H]4[C@@](C)(C(=O)N=[N+]=[N-])[C@@H]1O)[C@@H]32. The number of hydrogen-bond acceptors (Lipinski definition) is 9. The molecule has 14 nitrogen and oxygen atoms in total. The van der Waals surface area contributed by atoms with Gasteiger partial charge in [0.05, 0.1) is 43.1 Å². The third-order valence-electron chi connectivity index (χ3n) is 15.6. The number of esters is 1. The maximum Gasteiger partial charge on any atom is 0.322 e. The average molecular weight is 792 g/mol. The molecule has 2 amide bonds. The van der Waals surface area contributed by atoms with Gasteiger partial charge in [0.15, 0.2) is 0 Å². The van der Waals surface area contributed by atoms with E-state index < -0.39 is 51.3 Å². The van der Waals surface area contributed by atoms with E-state index in [1.165, 1.54) is 7.11 Å². The molecule has 1 spiro atoms. The van der Waals surface area contributed by atoms with Gasteiger partial charge >= 0.3 is 5.97 Å². The van der Waals surface area contributed by atoms with Crippen LogP contribution in [0.2, 0.25) is 0 Å². The molecule has 14 heteroatoms. The van der Waals surface area contributed by atoms with Crippen LogP contribution >= 0.6 is 0 Å². The molecule has 3 aromatic rings. The Morgan fingerprint density at radius 3 is 2.60 bits per heavy atom. The summed E-state index contributed by atoms with van der Waals surface area (Å²) in [5.74, 6) is -1.08. The molecule has 5 aliphatic heterocycles. The average Bonchev–Trinajstić information content (AvgIpc) is 3.91. The molecule has 2 bridgehead atoms. The minimum Gasteiger partial charge on any atom is -0.496 e. The first-order valence-electron chi connectivity index (χ1n) is 20.7. The smallest absolute Gasteiger partial charge is 0.322 e. The van der Waals surface area contributed by atoms with E-state index in [0.29, 0.717) is 100 Å². The lowest BCUT2D eigenvalue weighted by Crippen LogP contribution is -2.76. The van der Waals surface area contributed by atoms with Crippen LogP contribution in [0.5, 0.6) is 5.75 Å². The molecule has 1 aliphatic carbocycles. The fraction of sp³-hybridized carbons (Fsp3) is 0.568. The number of ether oxygens (including phenoxy) is 2. The molecule has 3 N–H and O–H groups in total. The van der Waals surface area contributed by atoms with Gasteiger partial charge in [-0.2, -0.15) is 0 Å². The summed E-state index contributed by atoms with van der Waals surface area (Å²) in [6.45, 7) is 8.80. The molecule has 306 valence electrons. The summed E-state index contributed by atoms with van der Waals surface area (Å²) in [4.78, 5) is 56.1. The number of aromatic amines is 1. The highest BCUT2D eigenvalue weighted by Crippen LogP contribution is 2.69. The zero-order valence-electron chi connectivity index (χ0n) is 33.9. The Morgan fingerprint density at radius 2 is 1.90 bits per heavy atom. The van der Waals surface area contributed by atoms with Crippen LogP contribution in [-0.2, 0) is 36.4 Å². The lowest BCUT2D eigenvalue weighted by molar-refractivity contribution is -0.168. The van der Waals surface area contributed by atoms with Crippen LogP contribution in [0.1, 0.15) is 75.3 Å². The summed E-state index contributed by atoms with van der Waals surface area (Å²) >= 11 is 0. The third kappa shape index (κ3) is 4.80. The second kappa shape index (κ2) is 13.4. The molecule has 2 aromatic carbocycles. The summed E-state index contributed by atoms with van der Waals surface area (Å²) in [7, 11) is 2.96. The van der Waals surface area contributed by atoms with Crippen LogP contribution in [0, 0.1) is 16.7 Å². The standard InChI is InChI=1S/C44H53N7O7/c1-6-41(56)21-26-22-44(39(55)58-5,34-28(13-17-49(23-26)24-41)27-11-8-9-12-31(27)46-34)30-19-29-32(20-33(30)57-4)51(25-52)35-40(3,38(54)47-48-45)37(53)42(7-2)14-10-16-50-18-15-43(29,35)36(42)50/h8-12,14,19-20,25-26,35-37,46,53,56H,6-7,13,15-18,21-24H2,1-5H3/t26?,35-,36-,37-,40+,41-,42?,43-,44-/m0/s1. The first-order chi connectivity index (χ1) is 27.9. The molecular formula is C44H53N7O7. The largest absolute Gasteiger partial charge is 0.496 e. The monoisotopic (exact) mass is 791 g/mol. The van der Waals surface area contributed by atoms with E-state index in [1.807, 2.05) is 50.3 Å². The van der Waals surface area contributed by atoms with Crippen molar-refractivity contribution in [1.82, 2.24) is 14.8 Å². The Labute approximate surface area is 337 Å². The number of fused-ring (bicyclic) bond motifs is 6. The molecule has 0 radical (unpaired) electrons. The van der Waals surface area contributed by atoms with Crippen LogP contribution in [0.15, 0.2) is 53.7 Å². The van der Waals surface area contributed by atoms with Crippen LogP contribution in [0.25, 0.3) is 21.3 Å². The number of aliphatic hydroxyl groups excluding tert-OH is 1. The molecule has 1 aromatic heterocycles. The second-order valence-corrected chi connectivity index (χ2v) is 18.0. The minimum atomic E-state index is -1.72. The van der Waals surface area contributed by atoms with Crippen molar-refractivity contribution in [3.8, 4) is 5.75 Å². The number of H-pyrrole nitrogens is 1. The number of rotatable bonds is 7. The minimum absolute atomic E-state index is 0.127. The third-order valence-corrected chi connectivity index (χ3v) is 15.6. The molecule has 3 fully saturated rings. The lowest BCUT2D eigenvalue weighted by atomic mass is 9.44. The molecular weight excluding hydrogens is 739 g/mol. The molecule has 58 heavy (non-hydrogen) atoms. The van der Waals surface area contributed by atoms with Gasteiger partial charge in [-0.05, 0) is 91.8 Å². The number of para-hydroxylation sites is 1. The second-order valence-electron chi connectivity index (χ2n) is 18.0. The zero-order chi connectivity index (χ0) is 41.0. The molecule has 2 unspecified atom stereocenters. The van der Waals surface area contributed by atoms with Gasteiger partial charge in [0.2, 0.25) is 12.3 Å². The number of piperidine rings is 1. The number of aliphatic hydroxyl groups is 2. The van der Waals surface area contributed by atoms with E-state index in [0.717, 1.165) is 22.0 Å². The van der Waals surface area contributed by atoms with E-state index >= 15 is 4.79 Å². The predicted octanol–water partition coefficient (Wildman–Crippen LogP) is 4.89. The number of azide groups is 1. The normalized spacial score (nSPS) is 37.3. The molecule has 1 saturated carbocycles. The van der Waals surface area contributed by atoms with Crippen molar-refractivity contribution >= 4 is 34.9 Å². The number of amides is 2. The van der Waals surface area contributed by atoms with Crippen molar-refractivity contribution < 1.29 is 34.1 Å². The Kier molecular flexibility index (Phi) is 8.96. The van der Waals surface area contributed by atoms with E-state index in [-0.39, 0.29) is 12.0 Å². The predicted molar refractivity (Wildman–Crippen MR) is 216 cm³/mol. The Balaban J connectivity index is 1.38. The maximum absolute atomic E-state index is 15.3. The Morgan fingerprint density at radius 1 is 1.10 bits per heavy atom. The van der Waals surface area contributed by atoms with Gasteiger partial charge in [0.1, 0.15) is 11.2 Å². The van der Waals surface area contributed by atoms with Gasteiger partial charge in [-0.1, -0.05) is 44.2 Å². The maximum atomic E-state index is 15.3. The van der Waals surface area contributed by atoms with E-state index in [1.54, 1.807) is 25.0 Å². The van der Waals surface area contributed by atoms with Crippen LogP contribution < -0.4 is 9.64 Å². The van der Waals surface area contributed by atoms with Crippen molar-refractivity contribution in [1.29, 1.82) is 0 Å². The topological polar surface area (TPSA) is 184 Å². The summed E-state index contributed by atoms with van der Waals surface area (Å²) in [5, 5.41) is 29.2. The van der Waals surface area contributed by atoms with E-state index in [9.17, 15) is 25.3 Å². The van der Waals surface area contributed by atoms with Crippen molar-refractivity contribution in [3.05, 3.63) is 81.4 Å². The van der Waals surface area contributed by atoms with Crippen molar-refractivity contribution in [2.24, 2.45) is 21.9 Å². The number of hydrogen-bond donors (Lipinski definition) is 3. The zero-order valence-corrected chi connectivity index (χ0v) is 33.9. The number of aromatic nitrogens is 1. The van der Waals surface area contributed by atoms with Gasteiger partial charge in [-0.15, -0.1) is 0 Å². The van der Waals surface area contributed by atoms with Gasteiger partial charge in [-0.25, -0.2) is 0 Å². The Bertz CT molecular complexity index is 2310. The molecule has 9 rings (SSSR count). The summed E-state index contributed by atoms with van der Waals surface area (Å²) in [5.41, 5.74) is 8.02. The molecule has 10 atom stereocenters. The molecule has 2 saturated heterocycles. The van der Waals surface area contributed by atoms with Gasteiger partial charge < -0.3 is 29.6 Å². The first-order valence-corrected chi connectivity index (χ1v) is 20.7. The van der Waals surface area contributed by atoms with E-state index in [2.05, 4.69) is 30.9 Å². The number of carbonyl (C=O) groups is 3. The van der Waals surface area contributed by atoms with Gasteiger partial charge in [0.25, 0.3) is 0 Å². The summed E-state index contributed by atoms with van der Waals surface area (Å²) in [6, 6.07) is 10.6. The number of anilines is 1. The van der Waals surface area contributed by atoms with Crippen LogP contribution in [0.3, 0.4) is 0 Å². The van der Waals surface area contributed by atoms with Crippen LogP contribution in [-0.4, -0.2) is 114 Å². The summed E-state index contributed by atoms with van der Waals surface area (Å²) < 4.78 is 12.2. The molecule has 6 aliphatic rings. The van der Waals surface area contributed by atoms with E-state index in [4.69, 9.17) is 9.47 Å². The highest BCUT2D eigenvalue weighted by molar-refractivity contribution is 5.96. The Hall–Kier alpha value is -4.72. The lowest BCUT2D eigenvalue weighted by Gasteiger charge is -2.64. The first kappa shape index (κ1) is 38.8. The van der Waals surface area contributed by atoms with Crippen molar-refractivity contribution in [2.45, 2.75) is 93.9 Å². The number of methoxy groups -OCH3 is 2. The fourth-order valence-corrected chi connectivity index (χ4v) is 13.4. The van der Waals surface area contributed by atoms with Crippen LogP contribution in [0.4, 0.5) is 5.69 Å². The van der Waals surface area contributed by atoms with Gasteiger partial charge in [-0.3, -0.25) is 24.2 Å².